The van der Waals surface area contributed by atoms with Gasteiger partial charge in [0.2, 0.25) is 0 Å². The lowest BCUT2D eigenvalue weighted by molar-refractivity contribution is 0.163. The van der Waals surface area contributed by atoms with Gasteiger partial charge in [-0.05, 0) is 0 Å². The molecule has 0 heterocycles. The molecule has 100 valence electrons. The summed E-state index contributed by atoms with van der Waals surface area (Å²) in [5.41, 5.74) is 15.5. The van der Waals surface area contributed by atoms with E-state index in [-0.39, 0.29) is 5.92 Å². The van der Waals surface area contributed by atoms with Crippen LogP contribution >= 0.6 is 0 Å². The van der Waals surface area contributed by atoms with Crippen molar-refractivity contribution in [1.29, 1.82) is 0 Å². The maximum absolute atomic E-state index is 5.74. The summed E-state index contributed by atoms with van der Waals surface area (Å²) in [6.07, 6.45) is 3.25. The second-order valence-corrected chi connectivity index (χ2v) is 5.77. The molecule has 0 radical (unpaired) electrons. The van der Waals surface area contributed by atoms with E-state index < -0.39 is 20.7 Å². The standard InChI is InChI=1S/C7H13N3.C3H10O3Si/c1-3-5-6(8,4-2)7(5,9)10;1-4-7(5-2)6-3/h3-5H,1-2,8-10H2;7H,1-3H3. The quantitative estimate of drug-likeness (QED) is 0.331. The number of rotatable bonds is 5. The molecule has 0 aromatic rings. The SMILES string of the molecule is C=CC1C(N)(N)C1(N)C=C.CO[SiH](OC)OC. The largest absolute Gasteiger partial charge is 0.483 e. The van der Waals surface area contributed by atoms with Crippen molar-refractivity contribution < 1.29 is 13.3 Å². The van der Waals surface area contributed by atoms with Crippen LogP contribution in [0.15, 0.2) is 25.3 Å². The van der Waals surface area contributed by atoms with Gasteiger partial charge in [0.15, 0.2) is 0 Å². The molecule has 17 heavy (non-hydrogen) atoms. The predicted octanol–water partition coefficient (Wildman–Crippen LogP) is -1.06. The van der Waals surface area contributed by atoms with Crippen molar-refractivity contribution in [2.24, 2.45) is 23.1 Å². The van der Waals surface area contributed by atoms with Crippen LogP contribution in [0.4, 0.5) is 0 Å². The average Bonchev–Trinajstić information content (AvgIpc) is 2.76. The molecule has 1 aliphatic carbocycles. The Balaban J connectivity index is 0.000000325. The lowest BCUT2D eigenvalue weighted by Gasteiger charge is -2.06. The first-order valence-electron chi connectivity index (χ1n) is 5.06. The third-order valence-corrected chi connectivity index (χ3v) is 4.00. The molecule has 6 N–H and O–H groups in total. The zero-order chi connectivity index (χ0) is 13.7. The van der Waals surface area contributed by atoms with E-state index in [0.29, 0.717) is 0 Å². The minimum absolute atomic E-state index is 0.0440. The van der Waals surface area contributed by atoms with Gasteiger partial charge in [0.1, 0.15) is 0 Å². The minimum atomic E-state index is -1.67. The van der Waals surface area contributed by atoms with Crippen molar-refractivity contribution in [3.63, 3.8) is 0 Å². The van der Waals surface area contributed by atoms with Crippen molar-refractivity contribution in [1.82, 2.24) is 0 Å². The zero-order valence-corrected chi connectivity index (χ0v) is 11.8. The van der Waals surface area contributed by atoms with E-state index in [1.165, 1.54) is 0 Å². The fraction of sp³-hybridized carbons (Fsp3) is 0.600. The lowest BCUT2D eigenvalue weighted by atomic mass is 10.2. The smallest absolute Gasteiger partial charge is 0.379 e. The Kier molecular flexibility index (Phi) is 6.20. The summed E-state index contributed by atoms with van der Waals surface area (Å²) in [4.78, 5) is 0. The van der Waals surface area contributed by atoms with Gasteiger partial charge in [0.05, 0.1) is 11.2 Å². The molecule has 1 fully saturated rings. The fourth-order valence-corrected chi connectivity index (χ4v) is 2.16. The highest BCUT2D eigenvalue weighted by molar-refractivity contribution is 6.36. The zero-order valence-electron chi connectivity index (χ0n) is 10.7. The van der Waals surface area contributed by atoms with Crippen LogP contribution in [0.5, 0.6) is 0 Å². The summed E-state index contributed by atoms with van der Waals surface area (Å²) in [5, 5.41) is 0. The van der Waals surface area contributed by atoms with E-state index in [4.69, 9.17) is 30.5 Å². The van der Waals surface area contributed by atoms with Crippen LogP contribution in [-0.2, 0) is 13.3 Å². The summed E-state index contributed by atoms with van der Waals surface area (Å²) in [6.45, 7) is 7.13. The number of hydrogen-bond donors (Lipinski definition) is 3. The normalized spacial score (nSPS) is 29.2. The molecule has 0 spiro atoms. The molecule has 1 saturated carbocycles. The summed E-state index contributed by atoms with van der Waals surface area (Å²) < 4.78 is 14.2. The lowest BCUT2D eigenvalue weighted by Crippen LogP contribution is -2.47. The fourth-order valence-electron chi connectivity index (χ4n) is 1.58. The van der Waals surface area contributed by atoms with Gasteiger partial charge in [-0.1, -0.05) is 12.2 Å². The summed E-state index contributed by atoms with van der Waals surface area (Å²) in [7, 11) is 3.05. The second-order valence-electron chi connectivity index (χ2n) is 3.78. The first-order chi connectivity index (χ1) is 7.85. The highest BCUT2D eigenvalue weighted by Gasteiger charge is 2.68. The van der Waals surface area contributed by atoms with E-state index in [1.807, 2.05) is 0 Å². The molecule has 1 rings (SSSR count). The molecule has 0 saturated heterocycles. The maximum Gasteiger partial charge on any atom is 0.483 e. The highest BCUT2D eigenvalue weighted by atomic mass is 28.3. The van der Waals surface area contributed by atoms with Crippen molar-refractivity contribution in [3.8, 4) is 0 Å². The van der Waals surface area contributed by atoms with Crippen molar-refractivity contribution in [2.45, 2.75) is 11.2 Å². The van der Waals surface area contributed by atoms with Gasteiger partial charge in [-0.3, -0.25) is 0 Å². The van der Waals surface area contributed by atoms with E-state index in [0.717, 1.165) is 0 Å². The Morgan fingerprint density at radius 3 is 1.53 bits per heavy atom. The molecule has 2 unspecified atom stereocenters. The molecule has 0 amide bonds. The van der Waals surface area contributed by atoms with Crippen LogP contribution in [-0.4, -0.2) is 42.1 Å². The Labute approximate surface area is 104 Å². The third kappa shape index (κ3) is 3.23. The topological polar surface area (TPSA) is 106 Å². The monoisotopic (exact) mass is 261 g/mol. The molecular weight excluding hydrogens is 238 g/mol. The van der Waals surface area contributed by atoms with Crippen molar-refractivity contribution >= 4 is 9.53 Å². The molecule has 0 aliphatic heterocycles. The van der Waals surface area contributed by atoms with E-state index >= 15 is 0 Å². The van der Waals surface area contributed by atoms with Gasteiger partial charge in [-0.15, -0.1) is 13.2 Å². The molecule has 0 bridgehead atoms. The van der Waals surface area contributed by atoms with Gasteiger partial charge < -0.3 is 30.5 Å². The van der Waals surface area contributed by atoms with Crippen LogP contribution in [0.25, 0.3) is 0 Å². The molecule has 2 atom stereocenters. The van der Waals surface area contributed by atoms with Crippen molar-refractivity contribution in [3.05, 3.63) is 25.3 Å². The Bertz CT molecular complexity index is 266. The van der Waals surface area contributed by atoms with Gasteiger partial charge in [-0.25, -0.2) is 0 Å². The third-order valence-electron chi connectivity index (χ3n) is 2.85. The average molecular weight is 261 g/mol. The molecule has 1 aliphatic rings. The Morgan fingerprint density at radius 2 is 1.47 bits per heavy atom. The van der Waals surface area contributed by atoms with Gasteiger partial charge in [0.25, 0.3) is 0 Å². The van der Waals surface area contributed by atoms with Crippen LogP contribution in [0, 0.1) is 5.92 Å². The minimum Gasteiger partial charge on any atom is -0.379 e. The maximum atomic E-state index is 5.74. The van der Waals surface area contributed by atoms with Crippen LogP contribution < -0.4 is 17.2 Å². The second kappa shape index (κ2) is 6.41. The van der Waals surface area contributed by atoms with Gasteiger partial charge >= 0.3 is 9.53 Å². The first-order valence-corrected chi connectivity index (χ1v) is 6.48. The van der Waals surface area contributed by atoms with Crippen molar-refractivity contribution in [2.75, 3.05) is 21.3 Å². The predicted molar refractivity (Wildman–Crippen MR) is 70.1 cm³/mol. The molecule has 6 nitrogen and oxygen atoms in total. The van der Waals surface area contributed by atoms with Crippen LogP contribution in [0.1, 0.15) is 0 Å². The molecule has 0 aromatic carbocycles. The highest BCUT2D eigenvalue weighted by Crippen LogP contribution is 2.47. The van der Waals surface area contributed by atoms with Gasteiger partial charge in [-0.2, -0.15) is 0 Å². The molecule has 7 heteroatoms. The summed E-state index contributed by atoms with van der Waals surface area (Å²) in [6, 6.07) is 0. The van der Waals surface area contributed by atoms with Crippen LogP contribution in [0.2, 0.25) is 0 Å². The van der Waals surface area contributed by atoms with E-state index in [1.54, 1.807) is 33.5 Å². The van der Waals surface area contributed by atoms with Crippen LogP contribution in [0.3, 0.4) is 0 Å². The summed E-state index contributed by atoms with van der Waals surface area (Å²) >= 11 is 0. The molecule has 0 aromatic heterocycles. The van der Waals surface area contributed by atoms with Gasteiger partial charge in [0, 0.05) is 27.2 Å². The molecular formula is C10H23N3O3Si. The Morgan fingerprint density at radius 1 is 1.06 bits per heavy atom. The number of nitrogens with two attached hydrogens (primary N) is 3. The first kappa shape index (κ1) is 16.5. The number of hydrogen-bond acceptors (Lipinski definition) is 6. The van der Waals surface area contributed by atoms with E-state index in [2.05, 4.69) is 13.2 Å². The Hall–Kier alpha value is -0.543. The summed E-state index contributed by atoms with van der Waals surface area (Å²) in [5.74, 6) is -0.0440. The van der Waals surface area contributed by atoms with E-state index in [9.17, 15) is 0 Å².